The average Bonchev–Trinajstić information content (AvgIpc) is 1.27. The summed E-state index contributed by atoms with van der Waals surface area (Å²) < 4.78 is 40.1. The van der Waals surface area contributed by atoms with Crippen molar-refractivity contribution in [2.75, 3.05) is 0 Å². The normalized spacial score (nSPS) is 0.544. The maximum absolute atomic E-state index is 9.24. The Morgan fingerprint density at radius 3 is 0.0971 bits per heavy atom. The Balaban J connectivity index is -0.0000000000395. The van der Waals surface area contributed by atoms with E-state index in [0.29, 0.717) is 0 Å². The van der Waals surface area contributed by atoms with Crippen LogP contribution >= 0.6 is 15.8 Å². The standard InChI is InChI=1S/O5P2.72O.24W/c1-6(2)5-7(3)4;;;;;;;;;;;;;;;;;;;;;;;;;;;;;;;;;;;;;;;;;;;;;;;;;;;;;;;;;;;;;;;;;;;;;;;;;;;;;;;;;;;;;;;;;;;;;;;;/q;72*-2;;;;;;;;;;;;;;;;;;;;;;;;. The summed E-state index contributed by atoms with van der Waals surface area (Å²) >= 11 is 0. The fourth-order valence-electron chi connectivity index (χ4n) is 0.0544. The summed E-state index contributed by atoms with van der Waals surface area (Å²) in [4.78, 5) is 0. The summed E-state index contributed by atoms with van der Waals surface area (Å²) in [5.74, 6) is 0. The predicted molar refractivity (Wildman–Crippen MR) is 67.1 cm³/mol. The zero-order valence-corrected chi connectivity index (χ0v) is 114. The average molecular weight is 5710 g/mol. The van der Waals surface area contributed by atoms with Gasteiger partial charge in [0.1, 0.15) is 0 Å². The molecule has 0 atom stereocenters. The largest absolute Gasteiger partial charge is 2.00 e. The van der Waals surface area contributed by atoms with Crippen LogP contribution in [0.3, 0.4) is 0 Å². The molecule has 0 rings (SSSR count). The van der Waals surface area contributed by atoms with E-state index in [0.717, 1.165) is 0 Å². The minimum atomic E-state index is -3.24. The molecule has 760 valence electrons. The summed E-state index contributed by atoms with van der Waals surface area (Å²) in [6.45, 7) is 0. The van der Waals surface area contributed by atoms with E-state index in [1.54, 1.807) is 0 Å². The predicted octanol–water partition coefficient (Wildman–Crippen LogP) is -7.43. The van der Waals surface area contributed by atoms with Gasteiger partial charge in [-0.3, -0.25) is 0 Å². The first-order valence-corrected chi connectivity index (χ1v) is 3.29. The minimum Gasteiger partial charge on any atom is -2.00 e. The van der Waals surface area contributed by atoms with Crippen LogP contribution in [-0.4, -0.2) is 0 Å². The molecule has 0 aliphatic rings. The fraction of sp³-hybridized carbons (Fsp3) is 0. The molecule has 0 aliphatic heterocycles. The summed E-state index contributed by atoms with van der Waals surface area (Å²) in [5, 5.41) is 0. The Labute approximate surface area is 923 Å². The molecule has 0 radical (unpaired) electrons. The summed E-state index contributed by atoms with van der Waals surface area (Å²) in [7, 11) is -6.47. The monoisotopic (exact) mass is 5710 g/mol. The van der Waals surface area contributed by atoms with Gasteiger partial charge in [-0.05, 0) is 0 Å². The van der Waals surface area contributed by atoms with Crippen LogP contribution in [-0.2, 0) is 922 Å². The van der Waals surface area contributed by atoms with E-state index in [4.69, 9.17) is 0 Å². The molecule has 103 heteroatoms. The molecule has 0 aliphatic carbocycles. The molecule has 0 heterocycles. The van der Waals surface area contributed by atoms with E-state index in [9.17, 15) is 18.3 Å². The quantitative estimate of drug-likeness (QED) is 0.243. The van der Waals surface area contributed by atoms with Gasteiger partial charge in [0.05, 0.1) is 0 Å². The summed E-state index contributed by atoms with van der Waals surface area (Å²) in [5.41, 5.74) is 0. The molecule has 103 heavy (non-hydrogen) atoms. The van der Waals surface area contributed by atoms with Gasteiger partial charge >= 0.3 is 15.8 Å². The van der Waals surface area contributed by atoms with Gasteiger partial charge in [0.15, 0.2) is 0 Å². The maximum Gasteiger partial charge on any atom is 0.481 e. The van der Waals surface area contributed by atoms with Crippen molar-refractivity contribution < 1.29 is 922 Å². The van der Waals surface area contributed by atoms with E-state index in [1.807, 2.05) is 0 Å². The Morgan fingerprint density at radius 2 is 0.0971 bits per heavy atom. The smallest absolute Gasteiger partial charge is 0.481 e. The van der Waals surface area contributed by atoms with Gasteiger partial charge in [-0.2, -0.15) is 4.31 Å². The van der Waals surface area contributed by atoms with Gasteiger partial charge < -0.3 is 394 Å². The third-order valence-corrected chi connectivity index (χ3v) is 1.20. The van der Waals surface area contributed by atoms with Crippen molar-refractivity contribution in [2.45, 2.75) is 0 Å². The van der Waals surface area contributed by atoms with Crippen molar-refractivity contribution in [3.05, 3.63) is 0 Å². The molecule has 0 bridgehead atoms. The van der Waals surface area contributed by atoms with Crippen LogP contribution in [0.2, 0.25) is 0 Å². The van der Waals surface area contributed by atoms with Crippen LogP contribution in [0, 0.1) is 0 Å². The molecule has 0 aromatic rings. The van der Waals surface area contributed by atoms with Gasteiger partial charge in [0.2, 0.25) is 0 Å². The summed E-state index contributed by atoms with van der Waals surface area (Å²) in [6.07, 6.45) is 0. The Bertz CT molecular complexity index is 223. The van der Waals surface area contributed by atoms with E-state index >= 15 is 0 Å². The third-order valence-electron chi connectivity index (χ3n) is 0.133. The Hall–Kier alpha value is 13.4. The Morgan fingerprint density at radius 1 is 0.0777 bits per heavy atom. The van der Waals surface area contributed by atoms with E-state index in [2.05, 4.69) is 4.31 Å². The van der Waals surface area contributed by atoms with Crippen LogP contribution < -0.4 is 0 Å². The van der Waals surface area contributed by atoms with Crippen LogP contribution in [0.15, 0.2) is 0 Å². The van der Waals surface area contributed by atoms with Crippen molar-refractivity contribution in [1.82, 2.24) is 0 Å². The van der Waals surface area contributed by atoms with Gasteiger partial charge in [-0.1, -0.05) is 0 Å². The molecule has 0 spiro atoms. The zero-order chi connectivity index (χ0) is 5.86. The molecular weight excluding hydrogens is 5710 g/mol. The number of hydrogen-bond acceptors (Lipinski definition) is 5. The second-order valence-corrected chi connectivity index (χ2v) is 2.08. The molecule has 0 N–H and O–H groups in total. The van der Waals surface area contributed by atoms with Crippen molar-refractivity contribution in [2.24, 2.45) is 0 Å². The second kappa shape index (κ2) is 3630. The van der Waals surface area contributed by atoms with Crippen LogP contribution in [0.5, 0.6) is 0 Å². The van der Waals surface area contributed by atoms with E-state index < -0.39 is 15.8 Å². The molecule has 0 saturated carbocycles. The molecule has 0 aromatic carbocycles. The van der Waals surface area contributed by atoms with Gasteiger partial charge in [-0.25, -0.2) is 18.3 Å². The molecule has 0 unspecified atom stereocenters. The summed E-state index contributed by atoms with van der Waals surface area (Å²) in [6, 6.07) is 0. The van der Waals surface area contributed by atoms with Crippen LogP contribution in [0.1, 0.15) is 0 Å². The number of hydrogen-bond donors (Lipinski definition) is 0. The van der Waals surface area contributed by atoms with Crippen LogP contribution in [0.4, 0.5) is 0 Å². The fourth-order valence-corrected chi connectivity index (χ4v) is 0.490. The van der Waals surface area contributed by atoms with Crippen molar-refractivity contribution >= 4 is 15.8 Å². The van der Waals surface area contributed by atoms with Crippen LogP contribution in [0.25, 0.3) is 0 Å². The molecule has 0 amide bonds. The molecule has 0 saturated heterocycles. The molecule has 0 aromatic heterocycles. The van der Waals surface area contributed by atoms with Crippen molar-refractivity contribution in [1.29, 1.82) is 0 Å². The Kier molecular flexibility index (Phi) is 145000. The first-order valence-electron chi connectivity index (χ1n) is 1.10. The van der Waals surface area contributed by atoms with Crippen molar-refractivity contribution in [3.63, 3.8) is 0 Å². The van der Waals surface area contributed by atoms with Gasteiger partial charge in [-0.15, -0.1) is 0 Å². The zero-order valence-electron chi connectivity index (χ0n) is 42.1. The SMILES string of the molecule is O=P(=O)OP(=O)=O.[O-2].[O-2].[O-2].[O-2].[O-2].[O-2].[O-2].[O-2].[O-2].[O-2].[O-2].[O-2].[O-2].[O-2].[O-2].[O-2].[O-2].[O-2].[O-2].[O-2].[O-2].[O-2].[O-2].[O-2].[O-2].[O-2].[O-2].[O-2].[O-2].[O-2].[O-2].[O-2].[O-2].[O-2].[O-2].[O-2].[O-2].[O-2].[O-2].[O-2].[O-2].[O-2].[O-2].[O-2].[O-2].[O-2].[O-2].[O-2].[O-2].[O-2].[O-2].[O-2].[O-2].[O-2].[O-2].[O-2].[O-2].[O-2].[O-2].[O-2].[O-2].[O-2].[O-2].[O-2].[O-2].[O-2].[O-2].[O-2].[O-2].[O-2].[O-2].[O-2].[W].[W].[W].[W].[W].[W].[W].[W].[W].[W].[W].[W].[W].[W].[W].[W].[W].[W].[W].[W].[W].[W].[W].[W]. The second-order valence-electron chi connectivity index (χ2n) is 0.529. The minimum absolute atomic E-state index is 0. The van der Waals surface area contributed by atoms with E-state index in [-0.39, 0.29) is 900 Å². The first kappa shape index (κ1) is 4120. The van der Waals surface area contributed by atoms with Gasteiger partial charge in [0.25, 0.3) is 0 Å². The molecular formula is O77P2W24-144. The number of rotatable bonds is 2. The third kappa shape index (κ3) is 4900. The van der Waals surface area contributed by atoms with Crippen molar-refractivity contribution in [3.8, 4) is 0 Å². The molecule has 77 nitrogen and oxygen atoms in total. The van der Waals surface area contributed by atoms with E-state index in [1.165, 1.54) is 0 Å². The molecule has 0 fully saturated rings. The topological polar surface area (TPSA) is 2130 Å². The maximum atomic E-state index is 9.24. The van der Waals surface area contributed by atoms with Gasteiger partial charge in [0, 0.05) is 506 Å². The first-order chi connectivity index (χ1) is 3.13.